The van der Waals surface area contributed by atoms with Crippen molar-refractivity contribution in [2.24, 2.45) is 22.7 Å². The van der Waals surface area contributed by atoms with E-state index in [1.165, 1.54) is 32.2 Å². The summed E-state index contributed by atoms with van der Waals surface area (Å²) in [6.45, 7) is 26.4. The second-order valence-corrected chi connectivity index (χ2v) is 13.3. The van der Waals surface area contributed by atoms with Crippen molar-refractivity contribution in [2.75, 3.05) is 7.11 Å². The summed E-state index contributed by atoms with van der Waals surface area (Å²) in [5.74, 6) is 0.131. The first-order chi connectivity index (χ1) is 21.7. The number of ether oxygens (including phenoxy) is 1. The molecule has 4 aliphatic rings. The van der Waals surface area contributed by atoms with Crippen LogP contribution in [0.5, 0.6) is 0 Å². The van der Waals surface area contributed by atoms with Crippen molar-refractivity contribution >= 4 is 17.7 Å². The summed E-state index contributed by atoms with van der Waals surface area (Å²) in [6.07, 6.45) is 10.1. The molecule has 4 atom stereocenters. The number of nitrogens with zero attached hydrogens (tertiary/aromatic N) is 5. The number of allylic oxidation sites excluding steroid dienone is 4. The van der Waals surface area contributed by atoms with Gasteiger partial charge in [0.05, 0.1) is 32.1 Å². The first-order valence-electron chi connectivity index (χ1n) is 16.2. The minimum Gasteiger partial charge on any atom is -0.451 e. The molecule has 2 aromatic rings. The molecule has 234 valence electrons. The van der Waals surface area contributed by atoms with E-state index in [-0.39, 0.29) is 40.2 Å². The van der Waals surface area contributed by atoms with Crippen molar-refractivity contribution in [3.05, 3.63) is 81.3 Å². The molecule has 1 N–H and O–H groups in total. The van der Waals surface area contributed by atoms with E-state index in [4.69, 9.17) is 20.6 Å². The van der Waals surface area contributed by atoms with E-state index in [2.05, 4.69) is 31.9 Å². The number of aromatic amines is 1. The molecule has 0 aromatic carbocycles. The van der Waals surface area contributed by atoms with Crippen LogP contribution in [0.4, 0.5) is 4.79 Å². The highest BCUT2D eigenvalue weighted by atomic mass is 16.5. The zero-order valence-corrected chi connectivity index (χ0v) is 27.2. The first-order valence-corrected chi connectivity index (χ1v) is 14.2. The number of rotatable bonds is 0. The Kier molecular flexibility index (Phi) is 8.01. The predicted molar refractivity (Wildman–Crippen MR) is 167 cm³/mol. The number of fused-ring (bicyclic) bond motifs is 6. The van der Waals surface area contributed by atoms with Crippen LogP contribution in [0.1, 0.15) is 94.4 Å². The van der Waals surface area contributed by atoms with E-state index in [0.29, 0.717) is 0 Å². The molecule has 0 bridgehead atoms. The van der Waals surface area contributed by atoms with Gasteiger partial charge in [0.15, 0.2) is 11.6 Å². The number of carbonyl (C=O) groups excluding carboxylic acids is 3. The quantitative estimate of drug-likeness (QED) is 0.337. The molecule has 0 radical (unpaired) electrons. The van der Waals surface area contributed by atoms with Crippen LogP contribution in [-0.4, -0.2) is 44.7 Å². The number of methoxy groups -OCH3 is 1. The lowest BCUT2D eigenvalue weighted by Gasteiger charge is -2.49. The van der Waals surface area contributed by atoms with Gasteiger partial charge in [0.2, 0.25) is 11.4 Å². The highest BCUT2D eigenvalue weighted by molar-refractivity contribution is 6.03. The molecule has 10 nitrogen and oxygen atoms in total. The molecule has 44 heavy (non-hydrogen) atoms. The Morgan fingerprint density at radius 3 is 1.98 bits per heavy atom. The maximum atomic E-state index is 12.6. The Hall–Kier alpha value is -4.31. The van der Waals surface area contributed by atoms with Crippen molar-refractivity contribution in [3.63, 3.8) is 0 Å². The molecule has 0 saturated heterocycles. The molecule has 0 amide bonds. The topological polar surface area (TPSA) is 116 Å². The van der Waals surface area contributed by atoms with Crippen molar-refractivity contribution in [1.82, 2.24) is 20.0 Å². The number of hydrogen-bond acceptors (Lipinski definition) is 6. The van der Waals surface area contributed by atoms with Gasteiger partial charge in [0.1, 0.15) is 0 Å². The molecule has 6 rings (SSSR count). The SMILES string of the molecule is [3H]C.[3H]C.[C-]#[N+]C1=C[C@]2(C)c3[nH]ncc3CC[C@H]2C(C)(C)C1=O.[C-]#[N+]C1=C[C@]2(C)c3nn(C(=O)OC)cc3CC[C@H]2C(C)(C)C1=O. The molecule has 0 saturated carbocycles. The van der Waals surface area contributed by atoms with Gasteiger partial charge in [0.25, 0.3) is 0 Å². The molecule has 10 heteroatoms. The summed E-state index contributed by atoms with van der Waals surface area (Å²) in [5.41, 5.74) is 2.50. The minimum absolute atomic E-state index is 0.0204. The average molecular weight is 605 g/mol. The third kappa shape index (κ3) is 4.72. The fraction of sp³-hybridized carbons (Fsp3) is 0.559. The summed E-state index contributed by atoms with van der Waals surface area (Å²) in [6, 6.07) is 0. The van der Waals surface area contributed by atoms with E-state index >= 15 is 0 Å². The van der Waals surface area contributed by atoms with Gasteiger partial charge in [-0.1, -0.05) is 68.5 Å². The highest BCUT2D eigenvalue weighted by Crippen LogP contribution is 2.55. The number of aryl methyl sites for hydroxylation is 2. The van der Waals surface area contributed by atoms with E-state index in [1.807, 2.05) is 46.9 Å². The fourth-order valence-corrected chi connectivity index (χ4v) is 8.14. The maximum absolute atomic E-state index is 12.6. The maximum Gasteiger partial charge on any atom is 0.434 e. The highest BCUT2D eigenvalue weighted by Gasteiger charge is 2.56. The van der Waals surface area contributed by atoms with Crippen LogP contribution >= 0.6 is 0 Å². The van der Waals surface area contributed by atoms with Gasteiger partial charge in [-0.2, -0.15) is 14.9 Å². The Morgan fingerprint density at radius 2 is 1.45 bits per heavy atom. The molecular weight excluding hydrogens is 556 g/mol. The van der Waals surface area contributed by atoms with Gasteiger partial charge < -0.3 is 14.3 Å². The predicted octanol–water partition coefficient (Wildman–Crippen LogP) is 6.64. The van der Waals surface area contributed by atoms with Crippen LogP contribution in [-0.2, 0) is 38.0 Å². The molecule has 2 heterocycles. The van der Waals surface area contributed by atoms with Crippen LogP contribution < -0.4 is 0 Å². The van der Waals surface area contributed by atoms with E-state index in [9.17, 15) is 14.4 Å². The van der Waals surface area contributed by atoms with Gasteiger partial charge in [-0.15, -0.1) is 0 Å². The van der Waals surface area contributed by atoms with E-state index in [0.717, 1.165) is 42.6 Å². The third-order valence-electron chi connectivity index (χ3n) is 10.3. The lowest BCUT2D eigenvalue weighted by Crippen LogP contribution is -2.50. The fourth-order valence-electron chi connectivity index (χ4n) is 8.14. The minimum atomic E-state index is -0.629. The first kappa shape index (κ1) is 31.1. The number of Topliss-reactive ketones (excluding diaryl/α,β-unsaturated/α-hetero) is 2. The number of H-pyrrole nitrogens is 1. The summed E-state index contributed by atoms with van der Waals surface area (Å²) in [7, 11) is 3.81. The zero-order chi connectivity index (χ0) is 34.8. The van der Waals surface area contributed by atoms with Crippen LogP contribution in [0.3, 0.4) is 0 Å². The second kappa shape index (κ2) is 11.3. The largest absolute Gasteiger partial charge is 0.451 e. The molecule has 2 aromatic heterocycles. The smallest absolute Gasteiger partial charge is 0.434 e. The van der Waals surface area contributed by atoms with Crippen LogP contribution in [0.25, 0.3) is 9.69 Å². The summed E-state index contributed by atoms with van der Waals surface area (Å²) in [5, 5.41) is 11.6. The normalized spacial score (nSPS) is 28.9. The lowest BCUT2D eigenvalue weighted by atomic mass is 9.53. The lowest BCUT2D eigenvalue weighted by molar-refractivity contribution is -0.129. The zero-order valence-electron chi connectivity index (χ0n) is 29.2. The van der Waals surface area contributed by atoms with Gasteiger partial charge in [0, 0.05) is 36.3 Å². The summed E-state index contributed by atoms with van der Waals surface area (Å²) >= 11 is 0. The number of carbonyl (C=O) groups is 3. The number of aromatic nitrogens is 4. The van der Waals surface area contributed by atoms with Crippen molar-refractivity contribution in [1.29, 1.82) is 0 Å². The monoisotopic (exact) mass is 604 g/mol. The third-order valence-corrected chi connectivity index (χ3v) is 10.3. The van der Waals surface area contributed by atoms with Crippen LogP contribution in [0.2, 0.25) is 0 Å². The molecule has 4 aliphatic carbocycles. The summed E-state index contributed by atoms with van der Waals surface area (Å²) < 4.78 is 17.4. The Morgan fingerprint density at radius 1 is 0.955 bits per heavy atom. The molecule has 0 fully saturated rings. The van der Waals surface area contributed by atoms with E-state index in [1.54, 1.807) is 12.3 Å². The molecule has 0 aliphatic heterocycles. The Labute approximate surface area is 263 Å². The van der Waals surface area contributed by atoms with Gasteiger partial charge in [-0.3, -0.25) is 5.10 Å². The van der Waals surface area contributed by atoms with Crippen molar-refractivity contribution in [3.8, 4) is 0 Å². The number of nitrogens with one attached hydrogen (secondary N) is 1. The molecule has 0 unspecified atom stereocenters. The Balaban J connectivity index is 0.000000229. The number of ketones is 2. The van der Waals surface area contributed by atoms with Gasteiger partial charge in [-0.25, -0.2) is 14.5 Å². The van der Waals surface area contributed by atoms with Crippen LogP contribution in [0.15, 0.2) is 35.9 Å². The number of hydrogen-bond donors (Lipinski definition) is 1. The standard InChI is InChI=1S/C17H19N3O3.C15H17N3O.2CH4/c1-16(2)12-7-6-10-9-20(15(22)23-5)19-13(10)17(12,3)8-11(18-4)14(16)21;1-14(2)11-6-5-9-8-17-18-12(9)15(11,3)7-10(16-4)13(14)19;;/h8-9,12H,6-7H2,1-3,5H3;7-8,11H,5-6H2,1-3H3,(H,17,18);2*1H4/t12-,17-;11-,15-;;/m00../s1/i;;2*1T. The van der Waals surface area contributed by atoms with Gasteiger partial charge in [-0.05, 0) is 48.6 Å². The average Bonchev–Trinajstić information content (AvgIpc) is 3.72. The molecule has 0 spiro atoms. The van der Waals surface area contributed by atoms with Crippen molar-refractivity contribution in [2.45, 2.75) is 92.9 Å². The van der Waals surface area contributed by atoms with E-state index < -0.39 is 22.3 Å². The van der Waals surface area contributed by atoms with Crippen molar-refractivity contribution < 1.29 is 21.9 Å². The second-order valence-electron chi connectivity index (χ2n) is 13.3. The molecular formula is C34H44N6O4. The van der Waals surface area contributed by atoms with Crippen LogP contribution in [0, 0.1) is 35.8 Å². The summed E-state index contributed by atoms with van der Waals surface area (Å²) in [4.78, 5) is 43.6. The van der Waals surface area contributed by atoms with Gasteiger partial charge >= 0.3 is 6.09 Å². The Bertz CT molecular complexity index is 1670.